The van der Waals surface area contributed by atoms with E-state index in [1.54, 1.807) is 19.2 Å². The number of nitrogens with one attached hydrogen (secondary N) is 2. The molecule has 2 aliphatic rings. The van der Waals surface area contributed by atoms with Gasteiger partial charge in [0.25, 0.3) is 5.91 Å². The number of methoxy groups -OCH3 is 2. The van der Waals surface area contributed by atoms with Gasteiger partial charge in [0.15, 0.2) is 11.5 Å². The molecule has 2 unspecified atom stereocenters. The van der Waals surface area contributed by atoms with Gasteiger partial charge in [-0.25, -0.2) is 4.79 Å². The monoisotopic (exact) mass is 389 g/mol. The van der Waals surface area contributed by atoms with Crippen molar-refractivity contribution >= 4 is 17.8 Å². The maximum absolute atomic E-state index is 12.9. The van der Waals surface area contributed by atoms with Crippen LogP contribution in [-0.4, -0.2) is 49.0 Å². The smallest absolute Gasteiger partial charge is 0.325 e. The number of rotatable bonds is 6. The van der Waals surface area contributed by atoms with Crippen LogP contribution in [0.3, 0.4) is 0 Å². The minimum Gasteiger partial charge on any atom is -0.493 e. The van der Waals surface area contributed by atoms with Crippen molar-refractivity contribution in [2.24, 2.45) is 5.92 Å². The number of nitrogens with zero attached hydrogens (tertiary/aromatic N) is 1. The maximum Gasteiger partial charge on any atom is 0.325 e. The highest BCUT2D eigenvalue weighted by Crippen LogP contribution is 2.38. The second-order valence-electron chi connectivity index (χ2n) is 7.37. The highest BCUT2D eigenvalue weighted by Gasteiger charge is 2.55. The predicted octanol–water partition coefficient (Wildman–Crippen LogP) is 1.82. The average Bonchev–Trinajstić information content (AvgIpc) is 2.93. The van der Waals surface area contributed by atoms with Crippen LogP contribution in [0.2, 0.25) is 0 Å². The highest BCUT2D eigenvalue weighted by molar-refractivity contribution is 6.09. The molecule has 1 aromatic carbocycles. The minimum absolute atomic E-state index is 0.0619. The second kappa shape index (κ2) is 8.08. The van der Waals surface area contributed by atoms with E-state index in [1.807, 2.05) is 13.0 Å². The lowest BCUT2D eigenvalue weighted by atomic mass is 9.73. The second-order valence-corrected chi connectivity index (χ2v) is 7.37. The Bertz CT molecular complexity index is 781. The van der Waals surface area contributed by atoms with Crippen molar-refractivity contribution in [2.45, 2.75) is 44.7 Å². The first-order valence-electron chi connectivity index (χ1n) is 9.53. The molecular weight excluding hydrogens is 362 g/mol. The number of para-hydroxylation sites is 1. The maximum atomic E-state index is 12.9. The summed E-state index contributed by atoms with van der Waals surface area (Å²) >= 11 is 0. The quantitative estimate of drug-likeness (QED) is 0.724. The van der Waals surface area contributed by atoms with Crippen molar-refractivity contribution in [3.05, 3.63) is 23.8 Å². The van der Waals surface area contributed by atoms with Gasteiger partial charge in [0, 0.05) is 12.1 Å². The van der Waals surface area contributed by atoms with E-state index in [0.717, 1.165) is 29.7 Å². The third-order valence-electron chi connectivity index (χ3n) is 5.76. The molecule has 1 aliphatic carbocycles. The molecule has 28 heavy (non-hydrogen) atoms. The number of hydrogen-bond acceptors (Lipinski definition) is 5. The summed E-state index contributed by atoms with van der Waals surface area (Å²) in [7, 11) is 3.07. The molecule has 1 spiro atoms. The van der Waals surface area contributed by atoms with Crippen molar-refractivity contribution in [2.75, 3.05) is 20.8 Å². The largest absolute Gasteiger partial charge is 0.493 e. The van der Waals surface area contributed by atoms with Crippen molar-refractivity contribution in [3.63, 3.8) is 0 Å². The Kier molecular flexibility index (Phi) is 5.76. The zero-order chi connectivity index (χ0) is 20.3. The molecule has 1 aromatic rings. The fraction of sp³-hybridized carbons (Fsp3) is 0.550. The summed E-state index contributed by atoms with van der Waals surface area (Å²) in [5.41, 5.74) is -0.115. The van der Waals surface area contributed by atoms with Crippen LogP contribution in [0.15, 0.2) is 18.2 Å². The van der Waals surface area contributed by atoms with Crippen LogP contribution >= 0.6 is 0 Å². The average molecular weight is 389 g/mol. The standard InChI is InChI=1S/C20H27N3O5/c1-13-7-4-5-10-20(13)18(25)23(19(26)22-20)12-16(24)21-11-14-8-6-9-15(27-2)17(14)28-3/h6,8-9,13H,4-5,7,10-12H2,1-3H3,(H,21,24)(H,22,26). The van der Waals surface area contributed by atoms with E-state index in [-0.39, 0.29) is 24.9 Å². The molecule has 1 heterocycles. The Morgan fingerprint density at radius 2 is 2.07 bits per heavy atom. The predicted molar refractivity (Wildman–Crippen MR) is 102 cm³/mol. The van der Waals surface area contributed by atoms with Crippen LogP contribution in [0, 0.1) is 5.92 Å². The summed E-state index contributed by atoms with van der Waals surface area (Å²) in [6.07, 6.45) is 3.46. The minimum atomic E-state index is -0.856. The first kappa shape index (κ1) is 20.0. The normalized spacial score (nSPS) is 24.2. The van der Waals surface area contributed by atoms with Gasteiger partial charge in [0.2, 0.25) is 5.91 Å². The number of amides is 4. The molecule has 0 radical (unpaired) electrons. The topological polar surface area (TPSA) is 97.0 Å². The number of carbonyl (C=O) groups is 3. The van der Waals surface area contributed by atoms with Crippen LogP contribution in [-0.2, 0) is 16.1 Å². The molecule has 1 saturated heterocycles. The van der Waals surface area contributed by atoms with Crippen LogP contribution in [0.4, 0.5) is 4.79 Å². The molecule has 2 atom stereocenters. The highest BCUT2D eigenvalue weighted by atomic mass is 16.5. The summed E-state index contributed by atoms with van der Waals surface area (Å²) in [6.45, 7) is 1.88. The van der Waals surface area contributed by atoms with E-state index in [4.69, 9.17) is 9.47 Å². The number of carbonyl (C=O) groups excluding carboxylic acids is 3. The molecule has 4 amide bonds. The van der Waals surface area contributed by atoms with Crippen molar-refractivity contribution in [3.8, 4) is 11.5 Å². The fourth-order valence-electron chi connectivity index (χ4n) is 4.13. The van der Waals surface area contributed by atoms with Gasteiger partial charge in [0.05, 0.1) is 14.2 Å². The van der Waals surface area contributed by atoms with E-state index in [9.17, 15) is 14.4 Å². The molecular formula is C20H27N3O5. The molecule has 152 valence electrons. The van der Waals surface area contributed by atoms with E-state index >= 15 is 0 Å². The molecule has 2 fully saturated rings. The molecule has 3 rings (SSSR count). The van der Waals surface area contributed by atoms with Gasteiger partial charge in [-0.1, -0.05) is 31.9 Å². The first-order chi connectivity index (χ1) is 13.4. The zero-order valence-corrected chi connectivity index (χ0v) is 16.5. The van der Waals surface area contributed by atoms with E-state index in [2.05, 4.69) is 10.6 Å². The molecule has 2 N–H and O–H groups in total. The van der Waals surface area contributed by atoms with E-state index in [0.29, 0.717) is 17.9 Å². The Labute approximate surface area is 164 Å². The van der Waals surface area contributed by atoms with Crippen LogP contribution in [0.1, 0.15) is 38.2 Å². The van der Waals surface area contributed by atoms with Gasteiger partial charge >= 0.3 is 6.03 Å². The van der Waals surface area contributed by atoms with Gasteiger partial charge < -0.3 is 20.1 Å². The van der Waals surface area contributed by atoms with Crippen molar-refractivity contribution in [1.82, 2.24) is 15.5 Å². The molecule has 0 bridgehead atoms. The third kappa shape index (κ3) is 3.50. The molecule has 0 aromatic heterocycles. The summed E-state index contributed by atoms with van der Waals surface area (Å²) in [5, 5.41) is 5.60. The lowest BCUT2D eigenvalue weighted by molar-refractivity contribution is -0.137. The number of hydrogen-bond donors (Lipinski definition) is 2. The Morgan fingerprint density at radius 1 is 1.29 bits per heavy atom. The molecule has 8 nitrogen and oxygen atoms in total. The van der Waals surface area contributed by atoms with Gasteiger partial charge in [0.1, 0.15) is 12.1 Å². The van der Waals surface area contributed by atoms with Gasteiger partial charge in [-0.3, -0.25) is 14.5 Å². The van der Waals surface area contributed by atoms with Gasteiger partial charge in [-0.2, -0.15) is 0 Å². The molecule has 8 heteroatoms. The summed E-state index contributed by atoms with van der Waals surface area (Å²) in [4.78, 5) is 38.7. The van der Waals surface area contributed by atoms with Gasteiger partial charge in [-0.05, 0) is 24.8 Å². The van der Waals surface area contributed by atoms with Gasteiger partial charge in [-0.15, -0.1) is 0 Å². The lowest BCUT2D eigenvalue weighted by Crippen LogP contribution is -2.54. The summed E-state index contributed by atoms with van der Waals surface area (Å²) in [5.74, 6) is 0.464. The summed E-state index contributed by atoms with van der Waals surface area (Å²) < 4.78 is 10.6. The SMILES string of the molecule is COc1cccc(CNC(=O)CN2C(=O)NC3(CCCCC3C)C2=O)c1OC. The van der Waals surface area contributed by atoms with Crippen molar-refractivity contribution in [1.29, 1.82) is 0 Å². The summed E-state index contributed by atoms with van der Waals surface area (Å²) in [6, 6.07) is 4.89. The van der Waals surface area contributed by atoms with Crippen LogP contribution < -0.4 is 20.1 Å². The van der Waals surface area contributed by atoms with E-state index in [1.165, 1.54) is 7.11 Å². The van der Waals surface area contributed by atoms with E-state index < -0.39 is 17.5 Å². The number of benzene rings is 1. The van der Waals surface area contributed by atoms with Crippen LogP contribution in [0.5, 0.6) is 11.5 Å². The third-order valence-corrected chi connectivity index (χ3v) is 5.76. The first-order valence-corrected chi connectivity index (χ1v) is 9.53. The number of imide groups is 1. The Morgan fingerprint density at radius 3 is 2.75 bits per heavy atom. The molecule has 1 aliphatic heterocycles. The van der Waals surface area contributed by atoms with Crippen molar-refractivity contribution < 1.29 is 23.9 Å². The number of urea groups is 1. The Balaban J connectivity index is 1.64. The van der Waals surface area contributed by atoms with Crippen LogP contribution in [0.25, 0.3) is 0 Å². The lowest BCUT2D eigenvalue weighted by Gasteiger charge is -2.36. The molecule has 1 saturated carbocycles. The number of ether oxygens (including phenoxy) is 2. The zero-order valence-electron chi connectivity index (χ0n) is 16.5. The Hall–Kier alpha value is -2.77. The fourth-order valence-corrected chi connectivity index (χ4v) is 4.13.